The minimum Gasteiger partial charge on any atom is -0.312 e. The molecule has 0 radical (unpaired) electrons. The predicted molar refractivity (Wildman–Crippen MR) is 65.6 cm³/mol. The molecule has 0 aliphatic rings. The van der Waals surface area contributed by atoms with Gasteiger partial charge < -0.3 is 5.32 Å². The van der Waals surface area contributed by atoms with Gasteiger partial charge in [0.2, 0.25) is 0 Å². The van der Waals surface area contributed by atoms with Gasteiger partial charge in [0.1, 0.15) is 0 Å². The van der Waals surface area contributed by atoms with E-state index in [2.05, 4.69) is 31.2 Å². The van der Waals surface area contributed by atoms with Gasteiger partial charge in [-0.05, 0) is 46.2 Å². The van der Waals surface area contributed by atoms with Crippen molar-refractivity contribution in [1.82, 2.24) is 15.1 Å². The van der Waals surface area contributed by atoms with Gasteiger partial charge >= 0.3 is 0 Å². The summed E-state index contributed by atoms with van der Waals surface area (Å²) < 4.78 is 1.51. The van der Waals surface area contributed by atoms with Crippen molar-refractivity contribution in [3.63, 3.8) is 0 Å². The second-order valence-corrected chi connectivity index (χ2v) is 5.12. The molecule has 1 rings (SSSR count). The molecule has 1 aromatic rings. The first kappa shape index (κ1) is 12.9. The van der Waals surface area contributed by atoms with Crippen LogP contribution in [-0.2, 0) is 6.54 Å². The fourth-order valence-corrected chi connectivity index (χ4v) is 1.38. The molecular formula is C12H21N3O. The van der Waals surface area contributed by atoms with Crippen LogP contribution in [0.25, 0.3) is 0 Å². The molecule has 1 heterocycles. The highest BCUT2D eigenvalue weighted by atomic mass is 16.1. The molecule has 16 heavy (non-hydrogen) atoms. The molecule has 0 unspecified atom stereocenters. The number of aromatic nitrogens is 2. The van der Waals surface area contributed by atoms with Crippen LogP contribution in [0.1, 0.15) is 32.8 Å². The Morgan fingerprint density at radius 1 is 1.44 bits per heavy atom. The lowest BCUT2D eigenvalue weighted by molar-refractivity contribution is 0.406. The van der Waals surface area contributed by atoms with E-state index >= 15 is 0 Å². The average Bonchev–Trinajstić information content (AvgIpc) is 2.13. The van der Waals surface area contributed by atoms with Crippen LogP contribution in [0.2, 0.25) is 0 Å². The van der Waals surface area contributed by atoms with Gasteiger partial charge in [0.05, 0.1) is 6.20 Å². The maximum Gasteiger partial charge on any atom is 0.266 e. The average molecular weight is 223 g/mol. The summed E-state index contributed by atoms with van der Waals surface area (Å²) in [6, 6.07) is 1.62. The monoisotopic (exact) mass is 223 g/mol. The minimum atomic E-state index is -0.0178. The Morgan fingerprint density at radius 3 is 2.69 bits per heavy atom. The van der Waals surface area contributed by atoms with Crippen LogP contribution in [-0.4, -0.2) is 21.9 Å². The van der Waals surface area contributed by atoms with E-state index in [1.165, 1.54) is 4.68 Å². The fraction of sp³-hybridized carbons (Fsp3) is 0.667. The summed E-state index contributed by atoms with van der Waals surface area (Å²) in [5.74, 6) is 0. The zero-order chi connectivity index (χ0) is 12.2. The Balaban J connectivity index is 2.41. The predicted octanol–water partition coefficient (Wildman–Crippen LogP) is 1.33. The summed E-state index contributed by atoms with van der Waals surface area (Å²) in [4.78, 5) is 11.5. The molecule has 90 valence electrons. The normalized spacial score (nSPS) is 11.8. The number of nitrogens with zero attached hydrogens (tertiary/aromatic N) is 2. The van der Waals surface area contributed by atoms with Gasteiger partial charge in [-0.1, -0.05) is 0 Å². The first-order valence-electron chi connectivity index (χ1n) is 5.67. The van der Waals surface area contributed by atoms with Crippen molar-refractivity contribution < 1.29 is 0 Å². The Bertz CT molecular complexity index is 390. The summed E-state index contributed by atoms with van der Waals surface area (Å²) in [6.07, 6.45) is 2.63. The lowest BCUT2D eigenvalue weighted by atomic mass is 10.1. The molecule has 4 nitrogen and oxygen atoms in total. The highest BCUT2D eigenvalue weighted by molar-refractivity contribution is 5.02. The van der Waals surface area contributed by atoms with E-state index in [1.807, 2.05) is 6.92 Å². The third-order valence-electron chi connectivity index (χ3n) is 2.21. The molecule has 0 fully saturated rings. The number of rotatable bonds is 4. The topological polar surface area (TPSA) is 46.9 Å². The van der Waals surface area contributed by atoms with E-state index in [9.17, 15) is 4.79 Å². The van der Waals surface area contributed by atoms with Crippen LogP contribution in [0.4, 0.5) is 0 Å². The molecule has 0 bridgehead atoms. The van der Waals surface area contributed by atoms with E-state index in [1.54, 1.807) is 12.3 Å². The summed E-state index contributed by atoms with van der Waals surface area (Å²) in [7, 11) is 0. The summed E-state index contributed by atoms with van der Waals surface area (Å²) in [5.41, 5.74) is 1.02. The molecule has 1 N–H and O–H groups in total. The van der Waals surface area contributed by atoms with Crippen LogP contribution < -0.4 is 10.9 Å². The van der Waals surface area contributed by atoms with Crippen LogP contribution in [0.15, 0.2) is 17.1 Å². The van der Waals surface area contributed by atoms with E-state index in [0.29, 0.717) is 6.54 Å². The molecular weight excluding hydrogens is 202 g/mol. The van der Waals surface area contributed by atoms with Crippen molar-refractivity contribution >= 4 is 0 Å². The second-order valence-electron chi connectivity index (χ2n) is 5.12. The number of aryl methyl sites for hydroxylation is 2. The van der Waals surface area contributed by atoms with Gasteiger partial charge in [-0.2, -0.15) is 5.10 Å². The van der Waals surface area contributed by atoms with Gasteiger partial charge in [0.15, 0.2) is 0 Å². The van der Waals surface area contributed by atoms with E-state index in [4.69, 9.17) is 0 Å². The molecule has 0 aliphatic carbocycles. The minimum absolute atomic E-state index is 0.0178. The van der Waals surface area contributed by atoms with E-state index in [-0.39, 0.29) is 11.1 Å². The zero-order valence-corrected chi connectivity index (χ0v) is 10.6. The standard InChI is InChI=1S/C12H21N3O/c1-10-8-11(16)15(14-9-10)7-5-6-13-12(2,3)4/h8-9,13H,5-7H2,1-4H3. The lowest BCUT2D eigenvalue weighted by Crippen LogP contribution is -2.37. The molecule has 0 saturated carbocycles. The van der Waals surface area contributed by atoms with Crippen molar-refractivity contribution in [1.29, 1.82) is 0 Å². The number of hydrogen-bond donors (Lipinski definition) is 1. The second kappa shape index (κ2) is 5.25. The van der Waals surface area contributed by atoms with Crippen molar-refractivity contribution in [2.45, 2.75) is 46.2 Å². The molecule has 4 heteroatoms. The van der Waals surface area contributed by atoms with E-state index < -0.39 is 0 Å². The molecule has 0 amide bonds. The summed E-state index contributed by atoms with van der Waals surface area (Å²) in [5, 5.41) is 7.47. The van der Waals surface area contributed by atoms with Crippen LogP contribution in [0.5, 0.6) is 0 Å². The molecule has 1 aromatic heterocycles. The largest absolute Gasteiger partial charge is 0.312 e. The fourth-order valence-electron chi connectivity index (χ4n) is 1.38. The van der Waals surface area contributed by atoms with Gasteiger partial charge in [0, 0.05) is 18.2 Å². The molecule has 0 saturated heterocycles. The first-order chi connectivity index (χ1) is 7.38. The zero-order valence-electron chi connectivity index (χ0n) is 10.6. The van der Waals surface area contributed by atoms with Crippen LogP contribution in [0.3, 0.4) is 0 Å². The molecule has 0 atom stereocenters. The number of hydrogen-bond acceptors (Lipinski definition) is 3. The Hall–Kier alpha value is -1.16. The van der Waals surface area contributed by atoms with Gasteiger partial charge in [-0.3, -0.25) is 4.79 Å². The van der Waals surface area contributed by atoms with Crippen molar-refractivity contribution in [2.75, 3.05) is 6.54 Å². The summed E-state index contributed by atoms with van der Waals surface area (Å²) in [6.45, 7) is 9.82. The summed E-state index contributed by atoms with van der Waals surface area (Å²) >= 11 is 0. The third kappa shape index (κ3) is 4.57. The smallest absolute Gasteiger partial charge is 0.266 e. The Kier molecular flexibility index (Phi) is 4.24. The SMILES string of the molecule is Cc1cnn(CCCNC(C)(C)C)c(=O)c1. The van der Waals surface area contributed by atoms with Gasteiger partial charge in [0.25, 0.3) is 5.56 Å². The van der Waals surface area contributed by atoms with Crippen molar-refractivity contribution in [2.24, 2.45) is 0 Å². The maximum atomic E-state index is 11.5. The lowest BCUT2D eigenvalue weighted by Gasteiger charge is -2.20. The number of nitrogens with one attached hydrogen (secondary N) is 1. The van der Waals surface area contributed by atoms with E-state index in [0.717, 1.165) is 18.5 Å². The van der Waals surface area contributed by atoms with Crippen LogP contribution in [0, 0.1) is 6.92 Å². The maximum absolute atomic E-state index is 11.5. The molecule has 0 spiro atoms. The van der Waals surface area contributed by atoms with Crippen molar-refractivity contribution in [3.8, 4) is 0 Å². The van der Waals surface area contributed by atoms with Crippen molar-refractivity contribution in [3.05, 3.63) is 28.2 Å². The van der Waals surface area contributed by atoms with Crippen LogP contribution >= 0.6 is 0 Å². The Morgan fingerprint density at radius 2 is 2.12 bits per heavy atom. The third-order valence-corrected chi connectivity index (χ3v) is 2.21. The van der Waals surface area contributed by atoms with Gasteiger partial charge in [-0.25, -0.2) is 4.68 Å². The highest BCUT2D eigenvalue weighted by Gasteiger charge is 2.07. The molecule has 0 aromatic carbocycles. The quantitative estimate of drug-likeness (QED) is 0.783. The van der Waals surface area contributed by atoms with Gasteiger partial charge in [-0.15, -0.1) is 0 Å². The first-order valence-corrected chi connectivity index (χ1v) is 5.67. The molecule has 0 aliphatic heterocycles. The highest BCUT2D eigenvalue weighted by Crippen LogP contribution is 1.98. The Labute approximate surface area is 96.7 Å².